The molecule has 1 heterocycles. The van der Waals surface area contributed by atoms with Gasteiger partial charge in [-0.25, -0.2) is 0 Å². The van der Waals surface area contributed by atoms with Gasteiger partial charge in [0.2, 0.25) is 0 Å². The molecule has 0 atom stereocenters. The van der Waals surface area contributed by atoms with Crippen LogP contribution >= 0.6 is 12.2 Å². The van der Waals surface area contributed by atoms with Crippen LogP contribution in [0.4, 0.5) is 0 Å². The maximum atomic E-state index is 10.3. The van der Waals surface area contributed by atoms with E-state index in [2.05, 4.69) is 9.97 Å². The van der Waals surface area contributed by atoms with Crippen LogP contribution in [0.2, 0.25) is 0 Å². The highest BCUT2D eigenvalue weighted by atomic mass is 32.1. The van der Waals surface area contributed by atoms with E-state index < -0.39 is 5.97 Å². The smallest absolute Gasteiger partial charge is 0.306 e. The molecule has 0 saturated heterocycles. The van der Waals surface area contributed by atoms with Gasteiger partial charge >= 0.3 is 5.97 Å². The predicted molar refractivity (Wildman–Crippen MR) is 61.2 cm³/mol. The van der Waals surface area contributed by atoms with E-state index in [1.165, 1.54) is 0 Å². The number of H-pyrrole nitrogens is 2. The van der Waals surface area contributed by atoms with Crippen molar-refractivity contribution < 1.29 is 14.6 Å². The standard InChI is InChI=1S/C10H10N2O3S/c13-8(14)4-5-15-7-3-1-2-6-9(7)12-10(16)11-6/h1-3H,4-5H2,(H,13,14)(H2,11,12,16). The van der Waals surface area contributed by atoms with E-state index >= 15 is 0 Å². The van der Waals surface area contributed by atoms with Gasteiger partial charge in [0.1, 0.15) is 11.3 Å². The van der Waals surface area contributed by atoms with Gasteiger partial charge in [-0.1, -0.05) is 6.07 Å². The first-order valence-corrected chi connectivity index (χ1v) is 5.13. The summed E-state index contributed by atoms with van der Waals surface area (Å²) in [6.45, 7) is 0.139. The van der Waals surface area contributed by atoms with Gasteiger partial charge in [-0.2, -0.15) is 0 Å². The van der Waals surface area contributed by atoms with Crippen LogP contribution in [-0.2, 0) is 4.79 Å². The van der Waals surface area contributed by atoms with Crippen molar-refractivity contribution in [2.75, 3.05) is 6.61 Å². The third-order valence-corrected chi connectivity index (χ3v) is 2.29. The predicted octanol–water partition coefficient (Wildman–Crippen LogP) is 2.08. The van der Waals surface area contributed by atoms with E-state index in [9.17, 15) is 4.79 Å². The van der Waals surface area contributed by atoms with Crippen molar-refractivity contribution in [3.63, 3.8) is 0 Å². The molecule has 0 radical (unpaired) electrons. The number of aliphatic carboxylic acids is 1. The SMILES string of the molecule is O=C(O)CCOc1cccc2[nH]c(=S)[nH]c12. The summed E-state index contributed by atoms with van der Waals surface area (Å²) in [6, 6.07) is 5.45. The number of para-hydroxylation sites is 1. The van der Waals surface area contributed by atoms with Crippen LogP contribution < -0.4 is 4.74 Å². The first kappa shape index (κ1) is 10.7. The molecule has 0 bridgehead atoms. The number of ether oxygens (including phenoxy) is 1. The summed E-state index contributed by atoms with van der Waals surface area (Å²) in [5.74, 6) is -0.278. The van der Waals surface area contributed by atoms with Gasteiger partial charge in [0, 0.05) is 0 Å². The highest BCUT2D eigenvalue weighted by molar-refractivity contribution is 7.71. The zero-order valence-electron chi connectivity index (χ0n) is 8.32. The molecule has 1 aromatic heterocycles. The normalized spacial score (nSPS) is 10.5. The second kappa shape index (κ2) is 4.36. The zero-order valence-corrected chi connectivity index (χ0v) is 9.13. The third-order valence-electron chi connectivity index (χ3n) is 2.09. The molecule has 84 valence electrons. The molecule has 0 saturated carbocycles. The topological polar surface area (TPSA) is 78.1 Å². The summed E-state index contributed by atoms with van der Waals surface area (Å²) in [6.07, 6.45) is -0.0262. The number of carboxylic acids is 1. The molecule has 6 heteroatoms. The molecule has 0 unspecified atom stereocenters. The molecule has 2 aromatic rings. The molecule has 0 amide bonds. The molecular formula is C10H10N2O3S. The molecule has 0 spiro atoms. The number of carbonyl (C=O) groups is 1. The first-order chi connectivity index (χ1) is 7.66. The Balaban J connectivity index is 2.23. The first-order valence-electron chi connectivity index (χ1n) is 4.72. The van der Waals surface area contributed by atoms with Crippen LogP contribution in [-0.4, -0.2) is 27.7 Å². The van der Waals surface area contributed by atoms with Crippen LogP contribution in [0.15, 0.2) is 18.2 Å². The van der Waals surface area contributed by atoms with Crippen molar-refractivity contribution in [2.45, 2.75) is 6.42 Å². The van der Waals surface area contributed by atoms with Gasteiger partial charge in [-0.15, -0.1) is 0 Å². The van der Waals surface area contributed by atoms with Crippen LogP contribution in [0.3, 0.4) is 0 Å². The molecule has 0 aliphatic carbocycles. The third kappa shape index (κ3) is 2.22. The molecule has 1 aromatic carbocycles. The number of carboxylic acid groups (broad SMARTS) is 1. The Bertz CT molecular complexity index is 573. The van der Waals surface area contributed by atoms with Crippen LogP contribution in [0.5, 0.6) is 5.75 Å². The van der Waals surface area contributed by atoms with Gasteiger partial charge in [0.15, 0.2) is 4.77 Å². The number of rotatable bonds is 4. The Morgan fingerprint density at radius 3 is 3.00 bits per heavy atom. The summed E-state index contributed by atoms with van der Waals surface area (Å²) in [4.78, 5) is 16.3. The van der Waals surface area contributed by atoms with Gasteiger partial charge in [-0.3, -0.25) is 4.79 Å². The quantitative estimate of drug-likeness (QED) is 0.712. The monoisotopic (exact) mass is 238 g/mol. The summed E-state index contributed by atoms with van der Waals surface area (Å²) in [7, 11) is 0. The van der Waals surface area contributed by atoms with Crippen molar-refractivity contribution in [3.8, 4) is 5.75 Å². The van der Waals surface area contributed by atoms with Crippen molar-refractivity contribution in [3.05, 3.63) is 23.0 Å². The van der Waals surface area contributed by atoms with Gasteiger partial charge in [-0.05, 0) is 24.4 Å². The molecular weight excluding hydrogens is 228 g/mol. The van der Waals surface area contributed by atoms with Crippen molar-refractivity contribution in [2.24, 2.45) is 0 Å². The lowest BCUT2D eigenvalue weighted by atomic mass is 10.3. The Labute approximate surface area is 96.1 Å². The minimum atomic E-state index is -0.880. The fraction of sp³-hybridized carbons (Fsp3) is 0.200. The minimum absolute atomic E-state index is 0.0262. The second-order valence-corrected chi connectivity index (χ2v) is 3.66. The molecule has 0 fully saturated rings. The fourth-order valence-electron chi connectivity index (χ4n) is 1.40. The average Bonchev–Trinajstić information content (AvgIpc) is 2.58. The van der Waals surface area contributed by atoms with E-state index in [1.807, 2.05) is 12.1 Å². The maximum absolute atomic E-state index is 10.3. The molecule has 0 aliphatic heterocycles. The van der Waals surface area contributed by atoms with E-state index in [-0.39, 0.29) is 13.0 Å². The number of nitrogens with one attached hydrogen (secondary N) is 2. The Kier molecular flexibility index (Phi) is 2.91. The molecule has 5 nitrogen and oxygen atoms in total. The number of aromatic nitrogens is 2. The maximum Gasteiger partial charge on any atom is 0.306 e. The van der Waals surface area contributed by atoms with Gasteiger partial charge in [0.05, 0.1) is 18.5 Å². The Morgan fingerprint density at radius 1 is 1.44 bits per heavy atom. The molecule has 16 heavy (non-hydrogen) atoms. The summed E-state index contributed by atoms with van der Waals surface area (Å²) < 4.78 is 5.88. The van der Waals surface area contributed by atoms with E-state index in [1.54, 1.807) is 6.07 Å². The number of benzene rings is 1. The number of hydrogen-bond acceptors (Lipinski definition) is 3. The fourth-order valence-corrected chi connectivity index (χ4v) is 1.61. The Hall–Kier alpha value is -1.82. The van der Waals surface area contributed by atoms with Crippen molar-refractivity contribution in [1.82, 2.24) is 9.97 Å². The number of imidazole rings is 1. The minimum Gasteiger partial charge on any atom is -0.491 e. The van der Waals surface area contributed by atoms with E-state index in [0.29, 0.717) is 10.5 Å². The van der Waals surface area contributed by atoms with E-state index in [4.69, 9.17) is 22.1 Å². The Morgan fingerprint density at radius 2 is 2.25 bits per heavy atom. The summed E-state index contributed by atoms with van der Waals surface area (Å²) >= 11 is 4.97. The summed E-state index contributed by atoms with van der Waals surface area (Å²) in [5, 5.41) is 8.50. The van der Waals surface area contributed by atoms with Crippen molar-refractivity contribution in [1.29, 1.82) is 0 Å². The highest BCUT2D eigenvalue weighted by Crippen LogP contribution is 2.22. The number of fused-ring (bicyclic) bond motifs is 1. The van der Waals surface area contributed by atoms with Gasteiger partial charge < -0.3 is 19.8 Å². The highest BCUT2D eigenvalue weighted by Gasteiger charge is 2.04. The van der Waals surface area contributed by atoms with Crippen LogP contribution in [0.1, 0.15) is 6.42 Å². The van der Waals surface area contributed by atoms with Crippen LogP contribution in [0.25, 0.3) is 11.0 Å². The molecule has 3 N–H and O–H groups in total. The van der Waals surface area contributed by atoms with Gasteiger partial charge in [0.25, 0.3) is 0 Å². The summed E-state index contributed by atoms with van der Waals surface area (Å²) in [5.41, 5.74) is 1.61. The second-order valence-electron chi connectivity index (χ2n) is 3.25. The average molecular weight is 238 g/mol. The van der Waals surface area contributed by atoms with E-state index in [0.717, 1.165) is 11.0 Å². The van der Waals surface area contributed by atoms with Crippen molar-refractivity contribution >= 4 is 29.2 Å². The number of aromatic amines is 2. The lowest BCUT2D eigenvalue weighted by Crippen LogP contribution is -2.04. The van der Waals surface area contributed by atoms with Crippen LogP contribution in [0, 0.1) is 4.77 Å². The number of hydrogen-bond donors (Lipinski definition) is 3. The lowest BCUT2D eigenvalue weighted by molar-refractivity contribution is -0.137. The molecule has 0 aliphatic rings. The lowest BCUT2D eigenvalue weighted by Gasteiger charge is -2.04. The largest absolute Gasteiger partial charge is 0.491 e. The molecule has 2 rings (SSSR count). The zero-order chi connectivity index (χ0) is 11.5.